The van der Waals surface area contributed by atoms with Crippen molar-refractivity contribution >= 4 is 0 Å². The molecule has 0 heterocycles. The predicted molar refractivity (Wildman–Crippen MR) is 85.9 cm³/mol. The quantitative estimate of drug-likeness (QED) is 0.713. The molecule has 3 nitrogen and oxygen atoms in total. The van der Waals surface area contributed by atoms with Crippen LogP contribution in [0.15, 0.2) is 54.6 Å². The van der Waals surface area contributed by atoms with Crippen LogP contribution in [-0.2, 0) is 6.54 Å². The van der Waals surface area contributed by atoms with Gasteiger partial charge in [-0.15, -0.1) is 0 Å². The van der Waals surface area contributed by atoms with Gasteiger partial charge >= 0.3 is 0 Å². The van der Waals surface area contributed by atoms with Crippen molar-refractivity contribution in [2.75, 3.05) is 19.8 Å². The summed E-state index contributed by atoms with van der Waals surface area (Å²) in [5, 5.41) is 3.42. The van der Waals surface area contributed by atoms with E-state index in [2.05, 4.69) is 17.4 Å². The molecule has 0 aliphatic carbocycles. The standard InChI is InChI=1S/C18H23NO2/c1-2-20-18-11-6-8-16(14-18)15-19-12-7-13-21-17-9-4-3-5-10-17/h3-6,8-11,14,19H,2,7,12-13,15H2,1H3. The molecule has 0 aliphatic heterocycles. The average Bonchev–Trinajstić information content (AvgIpc) is 2.52. The molecule has 0 radical (unpaired) electrons. The van der Waals surface area contributed by atoms with E-state index in [0.29, 0.717) is 6.61 Å². The minimum Gasteiger partial charge on any atom is -0.494 e. The van der Waals surface area contributed by atoms with Crippen LogP contribution in [0.4, 0.5) is 0 Å². The van der Waals surface area contributed by atoms with Crippen LogP contribution in [0.3, 0.4) is 0 Å². The zero-order valence-corrected chi connectivity index (χ0v) is 12.5. The van der Waals surface area contributed by atoms with E-state index < -0.39 is 0 Å². The Kier molecular flexibility index (Phi) is 6.62. The second-order valence-corrected chi connectivity index (χ2v) is 4.77. The fourth-order valence-electron chi connectivity index (χ4n) is 2.05. The lowest BCUT2D eigenvalue weighted by molar-refractivity contribution is 0.308. The van der Waals surface area contributed by atoms with Crippen molar-refractivity contribution in [2.24, 2.45) is 0 Å². The Hall–Kier alpha value is -2.00. The normalized spacial score (nSPS) is 10.3. The summed E-state index contributed by atoms with van der Waals surface area (Å²) in [5.41, 5.74) is 1.24. The molecule has 0 saturated carbocycles. The first-order valence-corrected chi connectivity index (χ1v) is 7.49. The van der Waals surface area contributed by atoms with E-state index in [1.54, 1.807) is 0 Å². The summed E-state index contributed by atoms with van der Waals surface area (Å²) in [5.74, 6) is 1.87. The van der Waals surface area contributed by atoms with Crippen LogP contribution in [-0.4, -0.2) is 19.8 Å². The van der Waals surface area contributed by atoms with Gasteiger partial charge in [0, 0.05) is 6.54 Å². The first-order chi connectivity index (χ1) is 10.4. The van der Waals surface area contributed by atoms with E-state index in [1.165, 1.54) is 5.56 Å². The lowest BCUT2D eigenvalue weighted by Crippen LogP contribution is -2.17. The van der Waals surface area contributed by atoms with Crippen LogP contribution in [0.25, 0.3) is 0 Å². The second-order valence-electron chi connectivity index (χ2n) is 4.77. The summed E-state index contributed by atoms with van der Waals surface area (Å²) in [7, 11) is 0. The molecule has 0 fully saturated rings. The zero-order chi connectivity index (χ0) is 14.8. The van der Waals surface area contributed by atoms with E-state index in [4.69, 9.17) is 9.47 Å². The predicted octanol–water partition coefficient (Wildman–Crippen LogP) is 3.64. The Bertz CT molecular complexity index is 514. The number of nitrogens with one attached hydrogen (secondary N) is 1. The molecule has 1 N–H and O–H groups in total. The summed E-state index contributed by atoms with van der Waals surface area (Å²) in [4.78, 5) is 0. The Balaban J connectivity index is 1.60. The lowest BCUT2D eigenvalue weighted by atomic mass is 10.2. The van der Waals surface area contributed by atoms with Crippen LogP contribution < -0.4 is 14.8 Å². The fraction of sp³-hybridized carbons (Fsp3) is 0.333. The summed E-state index contributed by atoms with van der Waals surface area (Å²) in [6.45, 7) is 5.22. The van der Waals surface area contributed by atoms with Gasteiger partial charge in [-0.05, 0) is 49.7 Å². The van der Waals surface area contributed by atoms with Gasteiger partial charge in [0.15, 0.2) is 0 Å². The first kappa shape index (κ1) is 15.4. The fourth-order valence-corrected chi connectivity index (χ4v) is 2.05. The van der Waals surface area contributed by atoms with E-state index >= 15 is 0 Å². The van der Waals surface area contributed by atoms with Gasteiger partial charge in [-0.3, -0.25) is 0 Å². The SMILES string of the molecule is CCOc1cccc(CNCCCOc2ccccc2)c1. The van der Waals surface area contributed by atoms with Crippen LogP contribution in [0.2, 0.25) is 0 Å². The van der Waals surface area contributed by atoms with Crippen LogP contribution in [0.5, 0.6) is 11.5 Å². The largest absolute Gasteiger partial charge is 0.494 e. The molecule has 112 valence electrons. The Morgan fingerprint density at radius 3 is 2.52 bits per heavy atom. The Morgan fingerprint density at radius 1 is 0.905 bits per heavy atom. The number of para-hydroxylation sites is 1. The molecule has 2 rings (SSSR count). The maximum Gasteiger partial charge on any atom is 0.119 e. The van der Waals surface area contributed by atoms with Crippen molar-refractivity contribution in [1.29, 1.82) is 0 Å². The van der Waals surface area contributed by atoms with Crippen molar-refractivity contribution in [2.45, 2.75) is 19.9 Å². The number of benzene rings is 2. The van der Waals surface area contributed by atoms with Crippen molar-refractivity contribution in [3.63, 3.8) is 0 Å². The van der Waals surface area contributed by atoms with Gasteiger partial charge < -0.3 is 14.8 Å². The average molecular weight is 285 g/mol. The topological polar surface area (TPSA) is 30.5 Å². The summed E-state index contributed by atoms with van der Waals surface area (Å²) >= 11 is 0. The van der Waals surface area contributed by atoms with Gasteiger partial charge in [-0.25, -0.2) is 0 Å². The van der Waals surface area contributed by atoms with Crippen molar-refractivity contribution < 1.29 is 9.47 Å². The highest BCUT2D eigenvalue weighted by Crippen LogP contribution is 2.13. The monoisotopic (exact) mass is 285 g/mol. The smallest absolute Gasteiger partial charge is 0.119 e. The molecule has 0 unspecified atom stereocenters. The van der Waals surface area contributed by atoms with Crippen LogP contribution >= 0.6 is 0 Å². The van der Waals surface area contributed by atoms with Gasteiger partial charge in [0.05, 0.1) is 13.2 Å². The van der Waals surface area contributed by atoms with E-state index in [0.717, 1.165) is 37.6 Å². The summed E-state index contributed by atoms with van der Waals surface area (Å²) in [6.07, 6.45) is 0.986. The van der Waals surface area contributed by atoms with E-state index in [-0.39, 0.29) is 0 Å². The minimum absolute atomic E-state index is 0.702. The summed E-state index contributed by atoms with van der Waals surface area (Å²) < 4.78 is 11.1. The molecule has 0 amide bonds. The third-order valence-corrected chi connectivity index (χ3v) is 3.05. The maximum atomic E-state index is 5.65. The first-order valence-electron chi connectivity index (χ1n) is 7.49. The molecule has 0 atom stereocenters. The molecule has 0 aliphatic rings. The van der Waals surface area contributed by atoms with Gasteiger partial charge in [-0.1, -0.05) is 30.3 Å². The molecule has 0 saturated heterocycles. The van der Waals surface area contributed by atoms with Crippen molar-refractivity contribution in [3.8, 4) is 11.5 Å². The lowest BCUT2D eigenvalue weighted by Gasteiger charge is -2.08. The minimum atomic E-state index is 0.702. The van der Waals surface area contributed by atoms with Crippen LogP contribution in [0, 0.1) is 0 Å². The molecular formula is C18H23NO2. The number of rotatable bonds is 9. The molecule has 21 heavy (non-hydrogen) atoms. The van der Waals surface area contributed by atoms with Gasteiger partial charge in [-0.2, -0.15) is 0 Å². The molecule has 2 aromatic rings. The third kappa shape index (κ3) is 5.88. The molecular weight excluding hydrogens is 262 g/mol. The number of hydrogen-bond acceptors (Lipinski definition) is 3. The zero-order valence-electron chi connectivity index (χ0n) is 12.5. The van der Waals surface area contributed by atoms with E-state index in [9.17, 15) is 0 Å². The number of ether oxygens (including phenoxy) is 2. The molecule has 2 aromatic carbocycles. The second kappa shape index (κ2) is 9.03. The third-order valence-electron chi connectivity index (χ3n) is 3.05. The molecule has 0 bridgehead atoms. The highest BCUT2D eigenvalue weighted by molar-refractivity contribution is 5.28. The molecule has 0 spiro atoms. The van der Waals surface area contributed by atoms with Crippen molar-refractivity contribution in [1.82, 2.24) is 5.32 Å². The molecule has 3 heteroatoms. The highest BCUT2D eigenvalue weighted by atomic mass is 16.5. The highest BCUT2D eigenvalue weighted by Gasteiger charge is 1.97. The summed E-state index contributed by atoms with van der Waals surface area (Å²) in [6, 6.07) is 18.1. The van der Waals surface area contributed by atoms with Gasteiger partial charge in [0.1, 0.15) is 11.5 Å². The van der Waals surface area contributed by atoms with Crippen LogP contribution in [0.1, 0.15) is 18.9 Å². The Labute approximate surface area is 126 Å². The molecule has 0 aromatic heterocycles. The number of hydrogen-bond donors (Lipinski definition) is 1. The van der Waals surface area contributed by atoms with E-state index in [1.807, 2.05) is 49.4 Å². The Morgan fingerprint density at radius 2 is 1.71 bits per heavy atom. The maximum absolute atomic E-state index is 5.65. The van der Waals surface area contributed by atoms with Gasteiger partial charge in [0.25, 0.3) is 0 Å². The van der Waals surface area contributed by atoms with Crippen molar-refractivity contribution in [3.05, 3.63) is 60.2 Å². The van der Waals surface area contributed by atoms with Gasteiger partial charge in [0.2, 0.25) is 0 Å².